The third-order valence-electron chi connectivity index (χ3n) is 5.81. The predicted octanol–water partition coefficient (Wildman–Crippen LogP) is 4.20. The zero-order valence-electron chi connectivity index (χ0n) is 20.6. The molecule has 1 amide bonds. The Hall–Kier alpha value is -4.73. The van der Waals surface area contributed by atoms with Gasteiger partial charge in [0.15, 0.2) is 11.5 Å². The Morgan fingerprint density at radius 2 is 1.67 bits per heavy atom. The molecular formula is C26H25N7O3. The molecule has 0 bridgehead atoms. The van der Waals surface area contributed by atoms with Gasteiger partial charge in [-0.25, -0.2) is 14.6 Å². The van der Waals surface area contributed by atoms with E-state index in [0.29, 0.717) is 45.4 Å². The number of benzene rings is 2. The number of aromatic nitrogens is 6. The van der Waals surface area contributed by atoms with Crippen molar-refractivity contribution in [3.63, 3.8) is 0 Å². The number of nitrogens with zero attached hydrogens (tertiary/aromatic N) is 6. The third kappa shape index (κ3) is 4.13. The van der Waals surface area contributed by atoms with Gasteiger partial charge in [0.05, 0.1) is 37.2 Å². The molecule has 0 atom stereocenters. The fourth-order valence-electron chi connectivity index (χ4n) is 4.10. The second kappa shape index (κ2) is 9.14. The van der Waals surface area contributed by atoms with Crippen LogP contribution in [0.5, 0.6) is 11.5 Å². The molecule has 5 aromatic rings. The van der Waals surface area contributed by atoms with Crippen LogP contribution in [-0.2, 0) is 0 Å². The van der Waals surface area contributed by atoms with Crippen molar-refractivity contribution >= 4 is 22.8 Å². The van der Waals surface area contributed by atoms with Crippen molar-refractivity contribution in [2.45, 2.75) is 20.8 Å². The van der Waals surface area contributed by atoms with E-state index in [9.17, 15) is 4.79 Å². The van der Waals surface area contributed by atoms with E-state index >= 15 is 0 Å². The number of ether oxygens (including phenoxy) is 2. The Morgan fingerprint density at radius 3 is 2.36 bits per heavy atom. The number of fused-ring (bicyclic) bond motifs is 1. The van der Waals surface area contributed by atoms with E-state index in [2.05, 4.69) is 38.5 Å². The minimum atomic E-state index is -0.343. The zero-order valence-corrected chi connectivity index (χ0v) is 20.6. The van der Waals surface area contributed by atoms with E-state index in [4.69, 9.17) is 9.47 Å². The van der Waals surface area contributed by atoms with E-state index in [1.54, 1.807) is 39.8 Å². The Balaban J connectivity index is 1.55. The molecule has 5 rings (SSSR count). The van der Waals surface area contributed by atoms with Crippen LogP contribution in [0.25, 0.3) is 22.5 Å². The van der Waals surface area contributed by atoms with Crippen LogP contribution in [0.15, 0.2) is 55.0 Å². The molecule has 0 radical (unpaired) electrons. The lowest BCUT2D eigenvalue weighted by Gasteiger charge is -2.11. The van der Waals surface area contributed by atoms with Crippen molar-refractivity contribution in [1.29, 1.82) is 0 Å². The fourth-order valence-corrected chi connectivity index (χ4v) is 4.10. The van der Waals surface area contributed by atoms with Crippen molar-refractivity contribution < 1.29 is 14.3 Å². The van der Waals surface area contributed by atoms with Crippen LogP contribution in [-0.4, -0.2) is 49.7 Å². The van der Waals surface area contributed by atoms with Gasteiger partial charge in [-0.05, 0) is 44.5 Å². The number of carbonyl (C=O) groups excluding carboxylic acids is 1. The second-order valence-electron chi connectivity index (χ2n) is 8.42. The average Bonchev–Trinajstić information content (AvgIpc) is 3.46. The lowest BCUT2D eigenvalue weighted by Crippen LogP contribution is -2.16. The van der Waals surface area contributed by atoms with Crippen LogP contribution >= 0.6 is 0 Å². The van der Waals surface area contributed by atoms with Gasteiger partial charge in [-0.2, -0.15) is 14.9 Å². The number of aryl methyl sites for hydroxylation is 3. The molecule has 0 fully saturated rings. The van der Waals surface area contributed by atoms with Crippen molar-refractivity contribution in [3.8, 4) is 23.0 Å². The van der Waals surface area contributed by atoms with Crippen LogP contribution in [0.4, 0.5) is 5.82 Å². The summed E-state index contributed by atoms with van der Waals surface area (Å²) in [4.78, 5) is 22.1. The first-order chi connectivity index (χ1) is 17.4. The van der Waals surface area contributed by atoms with Gasteiger partial charge in [0, 0.05) is 17.7 Å². The van der Waals surface area contributed by atoms with Crippen LogP contribution in [0.3, 0.4) is 0 Å². The summed E-state index contributed by atoms with van der Waals surface area (Å²) in [6, 6.07) is 12.9. The van der Waals surface area contributed by atoms with Crippen LogP contribution < -0.4 is 14.8 Å². The first kappa shape index (κ1) is 23.0. The summed E-state index contributed by atoms with van der Waals surface area (Å²) in [6.07, 6.45) is 3.18. The number of amides is 1. The summed E-state index contributed by atoms with van der Waals surface area (Å²) < 4.78 is 14.0. The monoisotopic (exact) mass is 483 g/mol. The van der Waals surface area contributed by atoms with Gasteiger partial charge in [-0.1, -0.05) is 17.7 Å². The summed E-state index contributed by atoms with van der Waals surface area (Å²) in [7, 11) is 3.07. The molecule has 0 spiro atoms. The molecule has 0 saturated carbocycles. The fraction of sp³-hybridized carbons (Fsp3) is 0.192. The highest BCUT2D eigenvalue weighted by Crippen LogP contribution is 2.27. The van der Waals surface area contributed by atoms with Gasteiger partial charge in [0.1, 0.15) is 23.6 Å². The summed E-state index contributed by atoms with van der Waals surface area (Å²) in [5.74, 6) is 1.65. The van der Waals surface area contributed by atoms with Crippen molar-refractivity contribution in [3.05, 3.63) is 77.4 Å². The molecule has 10 heteroatoms. The van der Waals surface area contributed by atoms with E-state index in [1.807, 2.05) is 26.0 Å². The molecule has 0 aliphatic rings. The van der Waals surface area contributed by atoms with Gasteiger partial charge in [-0.3, -0.25) is 4.79 Å². The topological polar surface area (TPSA) is 109 Å². The highest BCUT2D eigenvalue weighted by molar-refractivity contribution is 6.04. The van der Waals surface area contributed by atoms with Crippen LogP contribution in [0.1, 0.15) is 27.2 Å². The Labute approximate surface area is 207 Å². The summed E-state index contributed by atoms with van der Waals surface area (Å²) in [6.45, 7) is 5.93. The molecule has 0 saturated heterocycles. The number of hydrogen-bond donors (Lipinski definition) is 1. The van der Waals surface area contributed by atoms with E-state index in [0.717, 1.165) is 11.3 Å². The maximum absolute atomic E-state index is 13.1. The van der Waals surface area contributed by atoms with Crippen LogP contribution in [0, 0.1) is 20.8 Å². The summed E-state index contributed by atoms with van der Waals surface area (Å²) in [5, 5.41) is 12.8. The Kier molecular flexibility index (Phi) is 5.85. The quantitative estimate of drug-likeness (QED) is 0.386. The molecule has 0 aliphatic heterocycles. The van der Waals surface area contributed by atoms with Crippen molar-refractivity contribution in [2.75, 3.05) is 19.5 Å². The Morgan fingerprint density at radius 1 is 0.917 bits per heavy atom. The van der Waals surface area contributed by atoms with Gasteiger partial charge >= 0.3 is 0 Å². The normalized spacial score (nSPS) is 11.0. The molecule has 36 heavy (non-hydrogen) atoms. The number of anilines is 1. The first-order valence-electron chi connectivity index (χ1n) is 11.3. The van der Waals surface area contributed by atoms with Crippen molar-refractivity contribution in [2.24, 2.45) is 0 Å². The van der Waals surface area contributed by atoms with Gasteiger partial charge < -0.3 is 14.8 Å². The van der Waals surface area contributed by atoms with Crippen LogP contribution in [0.2, 0.25) is 0 Å². The standard InChI is InChI=1S/C26H25N7O3/c1-15-6-7-22(16(2)8-15)32-24-21(13-29-32)25(28-14-27-24)33-23(9-17(3)31-33)30-26(34)18-10-19(35-4)12-20(11-18)36-5/h6-14H,1-5H3,(H,30,34). The number of nitrogens with one attached hydrogen (secondary N) is 1. The molecule has 0 unspecified atom stereocenters. The minimum absolute atomic E-state index is 0.343. The lowest BCUT2D eigenvalue weighted by molar-refractivity contribution is 0.102. The molecule has 3 aromatic heterocycles. The third-order valence-corrected chi connectivity index (χ3v) is 5.81. The maximum Gasteiger partial charge on any atom is 0.257 e. The highest BCUT2D eigenvalue weighted by Gasteiger charge is 2.19. The molecule has 0 aliphatic carbocycles. The number of rotatable bonds is 6. The predicted molar refractivity (Wildman–Crippen MR) is 135 cm³/mol. The molecule has 3 heterocycles. The summed E-state index contributed by atoms with van der Waals surface area (Å²) in [5.41, 5.74) is 4.90. The van der Waals surface area contributed by atoms with Gasteiger partial charge in [-0.15, -0.1) is 0 Å². The smallest absolute Gasteiger partial charge is 0.257 e. The second-order valence-corrected chi connectivity index (χ2v) is 8.42. The minimum Gasteiger partial charge on any atom is -0.497 e. The highest BCUT2D eigenvalue weighted by atomic mass is 16.5. The van der Waals surface area contributed by atoms with Gasteiger partial charge in [0.2, 0.25) is 0 Å². The number of carbonyl (C=O) groups is 1. The van der Waals surface area contributed by atoms with Gasteiger partial charge in [0.25, 0.3) is 5.91 Å². The zero-order chi connectivity index (χ0) is 25.4. The van der Waals surface area contributed by atoms with E-state index < -0.39 is 0 Å². The molecule has 10 nitrogen and oxygen atoms in total. The lowest BCUT2D eigenvalue weighted by atomic mass is 10.1. The average molecular weight is 484 g/mol. The van der Waals surface area contributed by atoms with E-state index in [-0.39, 0.29) is 5.91 Å². The van der Waals surface area contributed by atoms with Crippen molar-refractivity contribution in [1.82, 2.24) is 29.5 Å². The molecule has 182 valence electrons. The number of methoxy groups -OCH3 is 2. The Bertz CT molecular complexity index is 1580. The summed E-state index contributed by atoms with van der Waals surface area (Å²) >= 11 is 0. The SMILES string of the molecule is COc1cc(OC)cc(C(=O)Nc2cc(C)nn2-c2ncnc3c2cnn3-c2ccc(C)cc2C)c1. The molecular weight excluding hydrogens is 458 g/mol. The maximum atomic E-state index is 13.1. The largest absolute Gasteiger partial charge is 0.497 e. The molecule has 1 N–H and O–H groups in total. The first-order valence-corrected chi connectivity index (χ1v) is 11.3. The van der Waals surface area contributed by atoms with E-state index in [1.165, 1.54) is 26.1 Å². The molecule has 2 aromatic carbocycles. The number of hydrogen-bond acceptors (Lipinski definition) is 7.